The van der Waals surface area contributed by atoms with E-state index in [1.54, 1.807) is 11.1 Å². The maximum absolute atomic E-state index is 12.8. The fourth-order valence-corrected chi connectivity index (χ4v) is 5.50. The monoisotopic (exact) mass is 470 g/mol. The number of carbonyl (C=O) groups is 1. The highest BCUT2D eigenvalue weighted by Gasteiger charge is 2.41. The van der Waals surface area contributed by atoms with Crippen LogP contribution in [0.1, 0.15) is 95.8 Å². The summed E-state index contributed by atoms with van der Waals surface area (Å²) in [4.78, 5) is 12.8. The van der Waals surface area contributed by atoms with Gasteiger partial charge < -0.3 is 4.74 Å². The van der Waals surface area contributed by atoms with Crippen molar-refractivity contribution in [2.45, 2.75) is 91.1 Å². The number of hydrogen-bond donors (Lipinski definition) is 0. The minimum atomic E-state index is -0.453. The molecular formula is C33H42O2. The van der Waals surface area contributed by atoms with Crippen molar-refractivity contribution in [2.24, 2.45) is 11.3 Å². The topological polar surface area (TPSA) is 26.3 Å². The lowest BCUT2D eigenvalue weighted by Gasteiger charge is -2.39. The van der Waals surface area contributed by atoms with E-state index >= 15 is 0 Å². The van der Waals surface area contributed by atoms with Crippen LogP contribution in [0.2, 0.25) is 0 Å². The normalized spacial score (nSPS) is 21.1. The van der Waals surface area contributed by atoms with Gasteiger partial charge in [0.2, 0.25) is 0 Å². The van der Waals surface area contributed by atoms with E-state index in [0.29, 0.717) is 0 Å². The van der Waals surface area contributed by atoms with Crippen LogP contribution in [0.5, 0.6) is 0 Å². The number of ether oxygens (including phenoxy) is 1. The van der Waals surface area contributed by atoms with Crippen LogP contribution in [0.4, 0.5) is 0 Å². The van der Waals surface area contributed by atoms with Crippen LogP contribution in [-0.2, 0) is 21.6 Å². The smallest absolute Gasteiger partial charge is 0.312 e. The van der Waals surface area contributed by atoms with Crippen molar-refractivity contribution in [2.75, 3.05) is 0 Å². The van der Waals surface area contributed by atoms with Gasteiger partial charge in [0, 0.05) is 0 Å². The summed E-state index contributed by atoms with van der Waals surface area (Å²) in [5, 5.41) is 2.44. The molecule has 2 nitrogen and oxygen atoms in total. The Bertz CT molecular complexity index is 1150. The summed E-state index contributed by atoms with van der Waals surface area (Å²) in [6, 6.07) is 23.7. The zero-order chi connectivity index (χ0) is 25.1. The molecule has 0 spiro atoms. The van der Waals surface area contributed by atoms with Gasteiger partial charge in [-0.25, -0.2) is 0 Å². The number of carbonyl (C=O) groups excluding carboxylic acids is 1. The standard InChI is InChI=1S/C22H28O2.C11H14/c1-4-21(2,3)20(23)24-22(14-8-5-9-15-22)19-13-12-17-10-6-7-11-18(17)16-19;1-8-7-10-5-3-4-6-11(10)9(8)2/h6-7,10-13,16H,4-5,8-9,14-15H2,1-3H3;3-6,8-9H,7H2,1-2H3. The van der Waals surface area contributed by atoms with Crippen LogP contribution < -0.4 is 0 Å². The molecule has 0 radical (unpaired) electrons. The maximum Gasteiger partial charge on any atom is 0.312 e. The fraction of sp³-hybridized carbons (Fsp3) is 0.485. The van der Waals surface area contributed by atoms with E-state index in [0.717, 1.165) is 49.5 Å². The van der Waals surface area contributed by atoms with Gasteiger partial charge in [-0.3, -0.25) is 4.79 Å². The van der Waals surface area contributed by atoms with E-state index < -0.39 is 11.0 Å². The molecule has 2 unspecified atom stereocenters. The largest absolute Gasteiger partial charge is 0.454 e. The molecule has 5 rings (SSSR count). The molecule has 2 aliphatic rings. The first-order valence-electron chi connectivity index (χ1n) is 13.6. The summed E-state index contributed by atoms with van der Waals surface area (Å²) in [6.07, 6.45) is 7.38. The highest BCUT2D eigenvalue weighted by Crippen LogP contribution is 2.43. The molecule has 3 aromatic rings. The molecule has 2 aliphatic carbocycles. The Hall–Kier alpha value is -2.61. The Morgan fingerprint density at radius 3 is 2.26 bits per heavy atom. The Morgan fingerprint density at radius 1 is 0.914 bits per heavy atom. The number of benzene rings is 3. The van der Waals surface area contributed by atoms with Crippen LogP contribution in [0.25, 0.3) is 10.8 Å². The lowest BCUT2D eigenvalue weighted by molar-refractivity contribution is -0.176. The summed E-state index contributed by atoms with van der Waals surface area (Å²) in [6.45, 7) is 10.7. The summed E-state index contributed by atoms with van der Waals surface area (Å²) in [7, 11) is 0. The Labute approximate surface area is 212 Å². The summed E-state index contributed by atoms with van der Waals surface area (Å²) in [5.41, 5.74) is 3.40. The van der Waals surface area contributed by atoms with Crippen LogP contribution in [-0.4, -0.2) is 5.97 Å². The van der Waals surface area contributed by atoms with Crippen LogP contribution in [0, 0.1) is 11.3 Å². The van der Waals surface area contributed by atoms with Crippen molar-refractivity contribution in [3.63, 3.8) is 0 Å². The summed E-state index contributed by atoms with van der Waals surface area (Å²) < 4.78 is 6.23. The molecule has 0 heterocycles. The van der Waals surface area contributed by atoms with Gasteiger partial charge in [-0.1, -0.05) is 87.9 Å². The van der Waals surface area contributed by atoms with Gasteiger partial charge in [-0.05, 0) is 97.7 Å². The van der Waals surface area contributed by atoms with Gasteiger partial charge in [0.05, 0.1) is 5.41 Å². The molecule has 1 saturated carbocycles. The van der Waals surface area contributed by atoms with E-state index in [-0.39, 0.29) is 5.97 Å². The molecule has 0 N–H and O–H groups in total. The molecule has 2 heteroatoms. The quantitative estimate of drug-likeness (QED) is 0.356. The molecule has 0 aromatic heterocycles. The number of esters is 1. The molecule has 3 aromatic carbocycles. The van der Waals surface area contributed by atoms with Crippen molar-refractivity contribution in [1.82, 2.24) is 0 Å². The average Bonchev–Trinajstić information content (AvgIpc) is 3.18. The Balaban J connectivity index is 0.000000218. The molecule has 0 aliphatic heterocycles. The van der Waals surface area contributed by atoms with E-state index in [4.69, 9.17) is 4.74 Å². The third-order valence-corrected chi connectivity index (χ3v) is 8.60. The van der Waals surface area contributed by atoms with Gasteiger partial charge in [-0.2, -0.15) is 0 Å². The van der Waals surface area contributed by atoms with Crippen molar-refractivity contribution >= 4 is 16.7 Å². The predicted octanol–water partition coefficient (Wildman–Crippen LogP) is 8.96. The zero-order valence-corrected chi connectivity index (χ0v) is 22.3. The number of hydrogen-bond acceptors (Lipinski definition) is 2. The van der Waals surface area contributed by atoms with Crippen LogP contribution in [0.3, 0.4) is 0 Å². The second-order valence-electron chi connectivity index (χ2n) is 11.4. The minimum Gasteiger partial charge on any atom is -0.454 e. The minimum absolute atomic E-state index is 0.0694. The Kier molecular flexibility index (Phi) is 7.69. The SMILES string of the molecule is CC1Cc2ccccc2C1C.CCC(C)(C)C(=O)OC1(c2ccc3ccccc3c2)CCCCC1. The van der Waals surface area contributed by atoms with Gasteiger partial charge in [0.15, 0.2) is 0 Å². The second-order valence-corrected chi connectivity index (χ2v) is 11.4. The molecule has 0 bridgehead atoms. The third kappa shape index (κ3) is 5.47. The van der Waals surface area contributed by atoms with Crippen molar-refractivity contribution < 1.29 is 9.53 Å². The lowest BCUT2D eigenvalue weighted by atomic mass is 9.78. The average molecular weight is 471 g/mol. The highest BCUT2D eigenvalue weighted by molar-refractivity contribution is 5.83. The predicted molar refractivity (Wildman–Crippen MR) is 147 cm³/mol. The molecule has 186 valence electrons. The van der Waals surface area contributed by atoms with Crippen molar-refractivity contribution in [1.29, 1.82) is 0 Å². The molecule has 1 fully saturated rings. The molecule has 0 saturated heterocycles. The zero-order valence-electron chi connectivity index (χ0n) is 22.3. The molecule has 2 atom stereocenters. The summed E-state index contributed by atoms with van der Waals surface area (Å²) in [5.74, 6) is 1.54. The first-order chi connectivity index (χ1) is 16.8. The molecule has 0 amide bonds. The van der Waals surface area contributed by atoms with Gasteiger partial charge >= 0.3 is 5.97 Å². The highest BCUT2D eigenvalue weighted by atomic mass is 16.6. The van der Waals surface area contributed by atoms with Gasteiger partial charge in [0.25, 0.3) is 0 Å². The molecular weight excluding hydrogens is 428 g/mol. The van der Waals surface area contributed by atoms with E-state index in [1.807, 2.05) is 20.8 Å². The van der Waals surface area contributed by atoms with Crippen LogP contribution in [0.15, 0.2) is 66.7 Å². The first kappa shape index (κ1) is 25.5. The maximum atomic E-state index is 12.8. The van der Waals surface area contributed by atoms with Gasteiger partial charge in [-0.15, -0.1) is 0 Å². The fourth-order valence-electron chi connectivity index (χ4n) is 5.50. The third-order valence-electron chi connectivity index (χ3n) is 8.60. The second kappa shape index (κ2) is 10.6. The lowest BCUT2D eigenvalue weighted by Crippen LogP contribution is -2.39. The van der Waals surface area contributed by atoms with E-state index in [9.17, 15) is 4.79 Å². The van der Waals surface area contributed by atoms with Crippen molar-refractivity contribution in [3.05, 3.63) is 83.4 Å². The van der Waals surface area contributed by atoms with Crippen molar-refractivity contribution in [3.8, 4) is 0 Å². The van der Waals surface area contributed by atoms with E-state index in [2.05, 4.69) is 80.6 Å². The van der Waals surface area contributed by atoms with E-state index in [1.165, 1.54) is 23.6 Å². The first-order valence-corrected chi connectivity index (χ1v) is 13.6. The Morgan fingerprint density at radius 2 is 1.57 bits per heavy atom. The number of rotatable bonds is 4. The van der Waals surface area contributed by atoms with Crippen LogP contribution >= 0.6 is 0 Å². The molecule has 35 heavy (non-hydrogen) atoms. The van der Waals surface area contributed by atoms with Gasteiger partial charge in [0.1, 0.15) is 5.60 Å². The number of fused-ring (bicyclic) bond motifs is 2. The summed E-state index contributed by atoms with van der Waals surface area (Å²) >= 11 is 0.